The van der Waals surface area contributed by atoms with Crippen LogP contribution in [-0.2, 0) is 0 Å². The smallest absolute Gasteiger partial charge is 0.122 e. The van der Waals surface area contributed by atoms with E-state index < -0.39 is 0 Å². The topological polar surface area (TPSA) is 39.6 Å². The number of nitriles is 1. The molecule has 0 unspecified atom stereocenters. The zero-order chi connectivity index (χ0) is 16.4. The van der Waals surface area contributed by atoms with E-state index in [1.54, 1.807) is 0 Å². The number of benzene rings is 2. The van der Waals surface area contributed by atoms with Crippen LogP contribution in [0.1, 0.15) is 16.7 Å². The van der Waals surface area contributed by atoms with Gasteiger partial charge in [0.1, 0.15) is 10.7 Å². The summed E-state index contributed by atoms with van der Waals surface area (Å²) in [5, 5.41) is 9.48. The lowest BCUT2D eigenvalue weighted by molar-refractivity contribution is 1.25. The van der Waals surface area contributed by atoms with Crippen LogP contribution in [0.2, 0.25) is 0 Å². The third-order valence-electron chi connectivity index (χ3n) is 3.91. The van der Waals surface area contributed by atoms with Crippen molar-refractivity contribution >= 4 is 12.2 Å². The lowest BCUT2D eigenvalue weighted by Gasteiger charge is -2.11. The van der Waals surface area contributed by atoms with Crippen molar-refractivity contribution < 1.29 is 0 Å². The molecule has 2 aromatic carbocycles. The number of rotatable bonds is 2. The van der Waals surface area contributed by atoms with Crippen molar-refractivity contribution in [3.05, 3.63) is 75.9 Å². The first kappa shape index (κ1) is 15.2. The number of aromatic amines is 1. The van der Waals surface area contributed by atoms with Gasteiger partial charge in [0.05, 0.1) is 5.56 Å². The molecule has 0 radical (unpaired) electrons. The molecule has 0 saturated carbocycles. The summed E-state index contributed by atoms with van der Waals surface area (Å²) in [6, 6.07) is 20.5. The molecular formula is C20H16N2S. The van der Waals surface area contributed by atoms with Crippen molar-refractivity contribution in [2.24, 2.45) is 0 Å². The summed E-state index contributed by atoms with van der Waals surface area (Å²) in [5.41, 5.74) is 6.79. The lowest BCUT2D eigenvalue weighted by Crippen LogP contribution is -1.94. The number of nitrogens with one attached hydrogen (secondary N) is 1. The predicted molar refractivity (Wildman–Crippen MR) is 96.7 cm³/mol. The fourth-order valence-electron chi connectivity index (χ4n) is 2.69. The van der Waals surface area contributed by atoms with Gasteiger partial charge in [-0.2, -0.15) is 5.26 Å². The van der Waals surface area contributed by atoms with Crippen molar-refractivity contribution in [1.29, 1.82) is 5.26 Å². The molecule has 1 N–H and O–H groups in total. The Morgan fingerprint density at radius 3 is 2.39 bits per heavy atom. The molecule has 0 atom stereocenters. The molecule has 1 heterocycles. The average Bonchev–Trinajstić information content (AvgIpc) is 2.57. The Hall–Kier alpha value is -2.70. The minimum Gasteiger partial charge on any atom is -0.345 e. The number of H-pyrrole nitrogens is 1. The van der Waals surface area contributed by atoms with Crippen molar-refractivity contribution in [1.82, 2.24) is 4.98 Å². The molecule has 0 aliphatic rings. The van der Waals surface area contributed by atoms with Crippen molar-refractivity contribution in [2.45, 2.75) is 13.8 Å². The summed E-state index contributed by atoms with van der Waals surface area (Å²) in [6.07, 6.45) is 0. The summed E-state index contributed by atoms with van der Waals surface area (Å²) in [7, 11) is 0. The van der Waals surface area contributed by atoms with E-state index in [-0.39, 0.29) is 0 Å². The molecule has 3 heteroatoms. The zero-order valence-electron chi connectivity index (χ0n) is 13.1. The van der Waals surface area contributed by atoms with Crippen LogP contribution in [0, 0.1) is 29.8 Å². The van der Waals surface area contributed by atoms with Crippen LogP contribution in [0.4, 0.5) is 0 Å². The highest BCUT2D eigenvalue weighted by Crippen LogP contribution is 2.30. The number of pyridine rings is 1. The van der Waals surface area contributed by atoms with E-state index in [4.69, 9.17) is 12.2 Å². The first-order valence-electron chi connectivity index (χ1n) is 7.40. The molecule has 0 aliphatic carbocycles. The highest BCUT2D eigenvalue weighted by molar-refractivity contribution is 7.71. The van der Waals surface area contributed by atoms with Gasteiger partial charge in [-0.3, -0.25) is 0 Å². The van der Waals surface area contributed by atoms with Gasteiger partial charge in [0.2, 0.25) is 0 Å². The number of hydrogen-bond acceptors (Lipinski definition) is 2. The predicted octanol–water partition coefficient (Wildman–Crippen LogP) is 5.57. The summed E-state index contributed by atoms with van der Waals surface area (Å²) in [6.45, 7) is 4.14. The van der Waals surface area contributed by atoms with E-state index in [0.717, 1.165) is 22.4 Å². The third kappa shape index (κ3) is 2.94. The number of nitrogens with zero attached hydrogens (tertiary/aromatic N) is 1. The first-order chi connectivity index (χ1) is 11.1. The van der Waals surface area contributed by atoms with Crippen LogP contribution < -0.4 is 0 Å². The minimum absolute atomic E-state index is 0.477. The molecule has 0 bridgehead atoms. The van der Waals surface area contributed by atoms with E-state index in [9.17, 15) is 5.26 Å². The molecule has 2 nitrogen and oxygen atoms in total. The Bertz CT molecular complexity index is 963. The molecule has 23 heavy (non-hydrogen) atoms. The summed E-state index contributed by atoms with van der Waals surface area (Å²) >= 11 is 5.42. The Kier molecular flexibility index (Phi) is 4.10. The van der Waals surface area contributed by atoms with Crippen molar-refractivity contribution in [3.63, 3.8) is 0 Å². The molecule has 0 fully saturated rings. The minimum atomic E-state index is 0.477. The molecule has 0 amide bonds. The van der Waals surface area contributed by atoms with Crippen LogP contribution in [-0.4, -0.2) is 4.98 Å². The van der Waals surface area contributed by atoms with E-state index in [1.165, 1.54) is 11.1 Å². The largest absolute Gasteiger partial charge is 0.345 e. The van der Waals surface area contributed by atoms with E-state index in [1.807, 2.05) is 36.4 Å². The Morgan fingerprint density at radius 2 is 1.70 bits per heavy atom. The third-order valence-corrected chi connectivity index (χ3v) is 4.22. The van der Waals surface area contributed by atoms with Crippen LogP contribution in [0.15, 0.2) is 54.6 Å². The Balaban J connectivity index is 2.30. The Morgan fingerprint density at radius 1 is 0.957 bits per heavy atom. The monoisotopic (exact) mass is 316 g/mol. The molecule has 0 saturated heterocycles. The zero-order valence-corrected chi connectivity index (χ0v) is 13.9. The molecule has 0 spiro atoms. The molecule has 3 aromatic rings. The first-order valence-corrected chi connectivity index (χ1v) is 7.81. The average molecular weight is 316 g/mol. The summed E-state index contributed by atoms with van der Waals surface area (Å²) < 4.78 is 0.477. The number of aromatic nitrogens is 1. The van der Waals surface area contributed by atoms with Gasteiger partial charge in [-0.1, -0.05) is 60.2 Å². The lowest BCUT2D eigenvalue weighted by atomic mass is 9.97. The van der Waals surface area contributed by atoms with Crippen LogP contribution in [0.3, 0.4) is 0 Å². The molecule has 3 rings (SSSR count). The fourth-order valence-corrected chi connectivity index (χ4v) is 2.95. The van der Waals surface area contributed by atoms with Gasteiger partial charge in [0.15, 0.2) is 0 Å². The number of hydrogen-bond donors (Lipinski definition) is 1. The number of aryl methyl sites for hydroxylation is 2. The standard InChI is InChI=1S/C20H16N2S/c1-13-8-9-14(2)16(10-13)19-11-17(15-6-4-3-5-7-15)18(12-21)20(23)22-19/h3-11H,1-2H3,(H,22,23). The second-order valence-electron chi connectivity index (χ2n) is 5.60. The van der Waals surface area contributed by atoms with Gasteiger partial charge in [-0.25, -0.2) is 0 Å². The van der Waals surface area contributed by atoms with Gasteiger partial charge in [0, 0.05) is 16.8 Å². The van der Waals surface area contributed by atoms with E-state index >= 15 is 0 Å². The van der Waals surface area contributed by atoms with Crippen molar-refractivity contribution in [3.8, 4) is 28.5 Å². The maximum atomic E-state index is 9.48. The highest BCUT2D eigenvalue weighted by Gasteiger charge is 2.11. The summed E-state index contributed by atoms with van der Waals surface area (Å²) in [5.74, 6) is 0. The van der Waals surface area contributed by atoms with Crippen molar-refractivity contribution in [2.75, 3.05) is 0 Å². The van der Waals surface area contributed by atoms with Gasteiger partial charge >= 0.3 is 0 Å². The molecular weight excluding hydrogens is 300 g/mol. The second-order valence-corrected chi connectivity index (χ2v) is 6.01. The quantitative estimate of drug-likeness (QED) is 0.628. The van der Waals surface area contributed by atoms with Gasteiger partial charge in [-0.15, -0.1) is 0 Å². The van der Waals surface area contributed by atoms with Crippen LogP contribution >= 0.6 is 12.2 Å². The SMILES string of the molecule is Cc1ccc(C)c(-c2cc(-c3ccccc3)c(C#N)c(=S)[nH]2)c1. The summed E-state index contributed by atoms with van der Waals surface area (Å²) in [4.78, 5) is 3.21. The second kappa shape index (κ2) is 6.20. The maximum Gasteiger partial charge on any atom is 0.122 e. The Labute approximate surface area is 141 Å². The van der Waals surface area contributed by atoms with Gasteiger partial charge in [-0.05, 0) is 37.1 Å². The highest BCUT2D eigenvalue weighted by atomic mass is 32.1. The van der Waals surface area contributed by atoms with E-state index in [2.05, 4.69) is 43.1 Å². The molecule has 1 aromatic heterocycles. The molecule has 0 aliphatic heterocycles. The van der Waals surface area contributed by atoms with Crippen LogP contribution in [0.5, 0.6) is 0 Å². The maximum absolute atomic E-state index is 9.48. The van der Waals surface area contributed by atoms with Gasteiger partial charge < -0.3 is 4.98 Å². The van der Waals surface area contributed by atoms with Crippen LogP contribution in [0.25, 0.3) is 22.4 Å². The normalized spacial score (nSPS) is 10.3. The fraction of sp³-hybridized carbons (Fsp3) is 0.100. The van der Waals surface area contributed by atoms with Gasteiger partial charge in [0.25, 0.3) is 0 Å². The molecule has 112 valence electrons. The van der Waals surface area contributed by atoms with E-state index in [0.29, 0.717) is 10.2 Å².